The first kappa shape index (κ1) is 21.8. The molecule has 1 aliphatic rings. The maximum absolute atomic E-state index is 4.92. The van der Waals surface area contributed by atoms with Crippen LogP contribution in [0.2, 0.25) is 0 Å². The minimum atomic E-state index is 0.414. The fourth-order valence-corrected chi connectivity index (χ4v) is 5.07. The van der Waals surface area contributed by atoms with Crippen molar-refractivity contribution in [2.45, 2.75) is 59.0 Å². The number of thiophene rings is 1. The van der Waals surface area contributed by atoms with Crippen molar-refractivity contribution in [1.29, 1.82) is 0 Å². The number of rotatable bonds is 9. The van der Waals surface area contributed by atoms with E-state index in [0.717, 1.165) is 37.6 Å². The molecule has 0 spiro atoms. The van der Waals surface area contributed by atoms with Gasteiger partial charge in [-0.3, -0.25) is 9.58 Å². The molecule has 0 saturated carbocycles. The molecule has 2 N–H and O–H groups in total. The fraction of sp³-hybridized carbons (Fsp3) is 0.636. The first-order valence-corrected chi connectivity index (χ1v) is 11.9. The predicted molar refractivity (Wildman–Crippen MR) is 123 cm³/mol. The second-order valence-electron chi connectivity index (χ2n) is 7.55. The molecule has 1 atom stereocenters. The van der Waals surface area contributed by atoms with Crippen molar-refractivity contribution in [2.75, 3.05) is 26.2 Å². The maximum Gasteiger partial charge on any atom is 0.191 e. The van der Waals surface area contributed by atoms with Gasteiger partial charge in [0.05, 0.1) is 18.3 Å². The first-order valence-electron chi connectivity index (χ1n) is 11.0. The lowest BCUT2D eigenvalue weighted by Crippen LogP contribution is -2.42. The number of aromatic nitrogens is 2. The van der Waals surface area contributed by atoms with Crippen LogP contribution in [0.3, 0.4) is 0 Å². The van der Waals surface area contributed by atoms with Gasteiger partial charge in [-0.1, -0.05) is 19.9 Å². The van der Waals surface area contributed by atoms with Crippen LogP contribution in [0.4, 0.5) is 0 Å². The van der Waals surface area contributed by atoms with Crippen LogP contribution in [0, 0.1) is 0 Å². The van der Waals surface area contributed by atoms with Crippen LogP contribution in [-0.2, 0) is 26.4 Å². The molecule has 1 saturated heterocycles. The summed E-state index contributed by atoms with van der Waals surface area (Å²) in [6, 6.07) is 4.83. The van der Waals surface area contributed by atoms with Crippen molar-refractivity contribution in [1.82, 2.24) is 25.3 Å². The summed E-state index contributed by atoms with van der Waals surface area (Å²) in [5.74, 6) is 0.890. The van der Waals surface area contributed by atoms with Gasteiger partial charge in [0.2, 0.25) is 0 Å². The molecule has 0 aromatic carbocycles. The van der Waals surface area contributed by atoms with E-state index < -0.39 is 0 Å². The van der Waals surface area contributed by atoms with E-state index in [-0.39, 0.29) is 0 Å². The van der Waals surface area contributed by atoms with E-state index in [1.165, 1.54) is 42.1 Å². The van der Waals surface area contributed by atoms with Gasteiger partial charge in [-0.25, -0.2) is 4.99 Å². The topological polar surface area (TPSA) is 57.5 Å². The molecule has 160 valence electrons. The zero-order valence-corrected chi connectivity index (χ0v) is 19.2. The molecule has 7 heteroatoms. The van der Waals surface area contributed by atoms with E-state index in [1.54, 1.807) is 0 Å². The average Bonchev–Trinajstić information content (AvgIpc) is 3.48. The van der Waals surface area contributed by atoms with Crippen LogP contribution in [0.25, 0.3) is 0 Å². The highest BCUT2D eigenvalue weighted by atomic mass is 32.1. The van der Waals surface area contributed by atoms with Crippen molar-refractivity contribution in [2.24, 2.45) is 12.0 Å². The van der Waals surface area contributed by atoms with Gasteiger partial charge in [0, 0.05) is 36.3 Å². The summed E-state index contributed by atoms with van der Waals surface area (Å²) in [6.45, 7) is 11.3. The Morgan fingerprint density at radius 1 is 1.21 bits per heavy atom. The quantitative estimate of drug-likeness (QED) is 0.485. The van der Waals surface area contributed by atoms with Gasteiger partial charge < -0.3 is 10.6 Å². The van der Waals surface area contributed by atoms with Gasteiger partial charge in [0.25, 0.3) is 0 Å². The maximum atomic E-state index is 4.92. The van der Waals surface area contributed by atoms with E-state index in [1.807, 2.05) is 23.1 Å². The number of nitrogens with one attached hydrogen (secondary N) is 2. The highest BCUT2D eigenvalue weighted by Crippen LogP contribution is 2.27. The minimum absolute atomic E-state index is 0.414. The molecule has 2 aromatic heterocycles. The normalized spacial score (nSPS) is 16.3. The molecule has 6 nitrogen and oxygen atoms in total. The van der Waals surface area contributed by atoms with Crippen LogP contribution in [0.5, 0.6) is 0 Å². The number of hydrogen-bond acceptors (Lipinski definition) is 4. The monoisotopic (exact) mass is 416 g/mol. The molecule has 2 aromatic rings. The van der Waals surface area contributed by atoms with Crippen molar-refractivity contribution in [3.05, 3.63) is 39.3 Å². The molecule has 0 radical (unpaired) electrons. The van der Waals surface area contributed by atoms with Crippen molar-refractivity contribution in [3.63, 3.8) is 0 Å². The van der Waals surface area contributed by atoms with Crippen LogP contribution >= 0.6 is 11.3 Å². The summed E-state index contributed by atoms with van der Waals surface area (Å²) in [4.78, 5) is 8.96. The van der Waals surface area contributed by atoms with Gasteiger partial charge in [-0.05, 0) is 57.1 Å². The SMILES string of the molecule is CCNC(=NCc1c(CC)nn(C)c1CC)NCC(c1cccs1)N1CCCC1. The second-order valence-corrected chi connectivity index (χ2v) is 8.53. The zero-order chi connectivity index (χ0) is 20.6. The van der Waals surface area contributed by atoms with Gasteiger partial charge >= 0.3 is 0 Å². The lowest BCUT2D eigenvalue weighted by Gasteiger charge is -2.27. The molecule has 1 aliphatic heterocycles. The third kappa shape index (κ3) is 5.39. The van der Waals surface area contributed by atoms with Crippen molar-refractivity contribution in [3.8, 4) is 0 Å². The molecule has 0 bridgehead atoms. The highest BCUT2D eigenvalue weighted by molar-refractivity contribution is 7.10. The summed E-state index contributed by atoms with van der Waals surface area (Å²) in [7, 11) is 2.04. The number of nitrogens with zero attached hydrogens (tertiary/aromatic N) is 4. The largest absolute Gasteiger partial charge is 0.357 e. The van der Waals surface area contributed by atoms with Crippen LogP contribution < -0.4 is 10.6 Å². The Morgan fingerprint density at radius 2 is 2.00 bits per heavy atom. The van der Waals surface area contributed by atoms with E-state index in [4.69, 9.17) is 4.99 Å². The summed E-state index contributed by atoms with van der Waals surface area (Å²) >= 11 is 1.85. The summed E-state index contributed by atoms with van der Waals surface area (Å²) in [6.07, 6.45) is 4.53. The van der Waals surface area contributed by atoms with E-state index in [2.05, 4.69) is 58.9 Å². The Labute approximate surface area is 179 Å². The molecule has 1 fully saturated rings. The molecule has 3 rings (SSSR count). The third-order valence-electron chi connectivity index (χ3n) is 5.68. The molecule has 0 amide bonds. The minimum Gasteiger partial charge on any atom is -0.357 e. The van der Waals surface area contributed by atoms with E-state index >= 15 is 0 Å². The van der Waals surface area contributed by atoms with Crippen molar-refractivity contribution < 1.29 is 0 Å². The summed E-state index contributed by atoms with van der Waals surface area (Å²) in [5.41, 5.74) is 3.73. The van der Waals surface area contributed by atoms with Crippen LogP contribution in [0.15, 0.2) is 22.5 Å². The Kier molecular flexibility index (Phi) is 8.12. The first-order chi connectivity index (χ1) is 14.2. The van der Waals surface area contributed by atoms with Gasteiger partial charge in [-0.15, -0.1) is 11.3 Å². The van der Waals surface area contributed by atoms with Gasteiger partial charge in [0.1, 0.15) is 0 Å². The van der Waals surface area contributed by atoms with Crippen LogP contribution in [-0.4, -0.2) is 46.8 Å². The average molecular weight is 417 g/mol. The third-order valence-corrected chi connectivity index (χ3v) is 6.66. The molecular formula is C22H36N6S. The van der Waals surface area contributed by atoms with E-state index in [9.17, 15) is 0 Å². The zero-order valence-electron chi connectivity index (χ0n) is 18.4. The molecule has 0 aliphatic carbocycles. The standard InChI is InChI=1S/C22H36N6S/c1-5-18-17(19(6-2)27(4)26-18)15-24-22(23-7-3)25-16-20(21-11-10-14-29-21)28-12-8-9-13-28/h10-11,14,20H,5-9,12-13,15-16H2,1-4H3,(H2,23,24,25). The Morgan fingerprint density at radius 3 is 2.62 bits per heavy atom. The number of guanidine groups is 1. The Balaban J connectivity index is 1.72. The number of aliphatic imine (C=N–C) groups is 1. The lowest BCUT2D eigenvalue weighted by molar-refractivity contribution is 0.249. The molecule has 3 heterocycles. The van der Waals surface area contributed by atoms with Gasteiger partial charge in [0.15, 0.2) is 5.96 Å². The number of aryl methyl sites for hydroxylation is 2. The number of likely N-dealkylation sites (tertiary alicyclic amines) is 1. The molecule has 1 unspecified atom stereocenters. The number of hydrogen-bond donors (Lipinski definition) is 2. The van der Waals surface area contributed by atoms with Crippen molar-refractivity contribution >= 4 is 17.3 Å². The fourth-order valence-electron chi connectivity index (χ4n) is 4.21. The van der Waals surface area contributed by atoms with Crippen LogP contribution in [0.1, 0.15) is 61.5 Å². The Hall–Kier alpha value is -1.86. The second kappa shape index (κ2) is 10.8. The predicted octanol–water partition coefficient (Wildman–Crippen LogP) is 3.50. The lowest BCUT2D eigenvalue weighted by atomic mass is 10.1. The smallest absolute Gasteiger partial charge is 0.191 e. The Bertz CT molecular complexity index is 774. The van der Waals surface area contributed by atoms with E-state index in [0.29, 0.717) is 12.6 Å². The molecule has 29 heavy (non-hydrogen) atoms. The molecular weight excluding hydrogens is 380 g/mol. The van der Waals surface area contributed by atoms with Gasteiger partial charge in [-0.2, -0.15) is 5.10 Å². The summed E-state index contributed by atoms with van der Waals surface area (Å²) in [5, 5.41) is 13.9. The highest BCUT2D eigenvalue weighted by Gasteiger charge is 2.24. The summed E-state index contributed by atoms with van der Waals surface area (Å²) < 4.78 is 2.02.